The summed E-state index contributed by atoms with van der Waals surface area (Å²) in [5.41, 5.74) is 0.374. The number of hydrogen-bond acceptors (Lipinski definition) is 3. The van der Waals surface area contributed by atoms with E-state index in [1.807, 2.05) is 0 Å². The Morgan fingerprint density at radius 3 is 2.41 bits per heavy atom. The molecule has 5 aliphatic rings. The van der Waals surface area contributed by atoms with E-state index in [1.165, 1.54) is 25.7 Å². The Kier molecular flexibility index (Phi) is 4.20. The largest absolute Gasteiger partial charge is 0.315 e. The van der Waals surface area contributed by atoms with E-state index in [0.29, 0.717) is 29.1 Å². The zero-order valence-electron chi connectivity index (χ0n) is 17.0. The first kappa shape index (κ1) is 18.1. The van der Waals surface area contributed by atoms with Crippen LogP contribution < -0.4 is 5.32 Å². The molecule has 1 unspecified atom stereocenters. The van der Waals surface area contributed by atoms with Gasteiger partial charge in [-0.3, -0.25) is 9.59 Å². The summed E-state index contributed by atoms with van der Waals surface area (Å²) >= 11 is 0. The maximum atomic E-state index is 13.3. The van der Waals surface area contributed by atoms with E-state index in [1.54, 1.807) is 0 Å². The van der Waals surface area contributed by atoms with Crippen molar-refractivity contribution in [2.75, 3.05) is 13.1 Å². The van der Waals surface area contributed by atoms with Crippen LogP contribution in [0.25, 0.3) is 0 Å². The van der Waals surface area contributed by atoms with Crippen LogP contribution in [0.1, 0.15) is 65.2 Å². The third kappa shape index (κ3) is 2.63. The van der Waals surface area contributed by atoms with Gasteiger partial charge < -0.3 is 5.32 Å². The van der Waals surface area contributed by atoms with Crippen LogP contribution in [0.3, 0.4) is 0 Å². The fourth-order valence-electron chi connectivity index (χ4n) is 7.72. The molecule has 0 bridgehead atoms. The smallest absolute Gasteiger partial charge is 0.202 e. The molecule has 1 heterocycles. The second kappa shape index (κ2) is 6.27. The van der Waals surface area contributed by atoms with E-state index in [-0.39, 0.29) is 28.8 Å². The van der Waals surface area contributed by atoms with Gasteiger partial charge in [-0.15, -0.1) is 0 Å². The van der Waals surface area contributed by atoms with Gasteiger partial charge in [0, 0.05) is 30.8 Å². The fraction of sp³-hybridized carbons (Fsp3) is 0.833. The van der Waals surface area contributed by atoms with Gasteiger partial charge in [0.15, 0.2) is 0 Å². The van der Waals surface area contributed by atoms with Gasteiger partial charge in [-0.05, 0) is 73.5 Å². The number of fused-ring (bicyclic) bond motifs is 5. The molecule has 5 rings (SSSR count). The Bertz CT molecular complexity index is 680. The van der Waals surface area contributed by atoms with Crippen LogP contribution in [0.15, 0.2) is 12.2 Å². The summed E-state index contributed by atoms with van der Waals surface area (Å²) in [5, 5.41) is 3.32. The molecule has 1 saturated heterocycles. The van der Waals surface area contributed by atoms with Crippen LogP contribution in [0.2, 0.25) is 0 Å². The SMILES string of the molecule is C[C@@]12CCC[C@H]1[C@@H]1C(=O)C(=O)C3C[C@H](C=CC4CNC4)CC[C@]3(C)[C@H]1CC2. The van der Waals surface area contributed by atoms with Crippen molar-refractivity contribution in [3.63, 3.8) is 0 Å². The van der Waals surface area contributed by atoms with Gasteiger partial charge in [0.2, 0.25) is 11.6 Å². The molecule has 4 saturated carbocycles. The van der Waals surface area contributed by atoms with Gasteiger partial charge in [0.1, 0.15) is 0 Å². The molecular formula is C24H35NO2. The summed E-state index contributed by atoms with van der Waals surface area (Å²) in [4.78, 5) is 26.6. The normalized spacial score (nSPS) is 50.2. The summed E-state index contributed by atoms with van der Waals surface area (Å²) in [5.74, 6) is 2.10. The lowest BCUT2D eigenvalue weighted by Gasteiger charge is -2.58. The van der Waals surface area contributed by atoms with Crippen molar-refractivity contribution in [1.82, 2.24) is 5.32 Å². The number of ketones is 2. The minimum Gasteiger partial charge on any atom is -0.315 e. The van der Waals surface area contributed by atoms with E-state index in [0.717, 1.165) is 38.8 Å². The highest BCUT2D eigenvalue weighted by molar-refractivity contribution is 6.39. The Labute approximate surface area is 163 Å². The van der Waals surface area contributed by atoms with Gasteiger partial charge in [-0.2, -0.15) is 0 Å². The van der Waals surface area contributed by atoms with Gasteiger partial charge in [0.25, 0.3) is 0 Å². The average molecular weight is 370 g/mol. The van der Waals surface area contributed by atoms with Crippen LogP contribution in [0.5, 0.6) is 0 Å². The quantitative estimate of drug-likeness (QED) is 0.587. The van der Waals surface area contributed by atoms with Crippen LogP contribution in [-0.2, 0) is 9.59 Å². The predicted octanol–water partition coefficient (Wildman–Crippen LogP) is 4.17. The second-order valence-corrected chi connectivity index (χ2v) is 10.9. The van der Waals surface area contributed by atoms with Crippen LogP contribution in [0.4, 0.5) is 0 Å². The topological polar surface area (TPSA) is 46.2 Å². The van der Waals surface area contributed by atoms with Gasteiger partial charge >= 0.3 is 0 Å². The van der Waals surface area contributed by atoms with Crippen LogP contribution in [0, 0.1) is 46.3 Å². The fourth-order valence-corrected chi connectivity index (χ4v) is 7.72. The molecule has 3 heteroatoms. The standard InChI is InChI=1S/C24H35NO2/c1-23-9-3-4-17(23)20-18(8-10-23)24(2)11-7-15(5-6-16-13-25-14-16)12-19(24)21(26)22(20)27/h5-6,15-20,25H,3-4,7-14H2,1-2H3/t15-,17+,18+,19?,20+,23+,24-/m1/s1. The van der Waals surface area contributed by atoms with E-state index in [4.69, 9.17) is 0 Å². The Morgan fingerprint density at radius 1 is 0.889 bits per heavy atom. The number of carbonyl (C=O) groups excluding carboxylic acids is 2. The van der Waals surface area contributed by atoms with Crippen molar-refractivity contribution in [2.24, 2.45) is 46.3 Å². The first-order chi connectivity index (χ1) is 12.9. The first-order valence-electron chi connectivity index (χ1n) is 11.4. The van der Waals surface area contributed by atoms with Crippen molar-refractivity contribution in [1.29, 1.82) is 0 Å². The molecule has 148 valence electrons. The Balaban J connectivity index is 1.40. The van der Waals surface area contributed by atoms with Gasteiger partial charge in [-0.1, -0.05) is 32.4 Å². The molecular weight excluding hydrogens is 334 g/mol. The molecule has 0 aromatic carbocycles. The summed E-state index contributed by atoms with van der Waals surface area (Å²) < 4.78 is 0. The summed E-state index contributed by atoms with van der Waals surface area (Å²) in [6.45, 7) is 6.94. The minimum atomic E-state index is -0.0278. The first-order valence-corrected chi connectivity index (χ1v) is 11.4. The Hall–Kier alpha value is -0.960. The minimum absolute atomic E-state index is 0.00156. The maximum absolute atomic E-state index is 13.3. The number of Topliss-reactive ketones (excluding diaryl/α,β-unsaturated/α-hetero) is 2. The lowest BCUT2D eigenvalue weighted by Crippen LogP contribution is -2.60. The molecule has 0 aromatic heterocycles. The van der Waals surface area contributed by atoms with Crippen LogP contribution >= 0.6 is 0 Å². The highest BCUT2D eigenvalue weighted by Gasteiger charge is 2.63. The molecule has 27 heavy (non-hydrogen) atoms. The zero-order valence-corrected chi connectivity index (χ0v) is 17.0. The lowest BCUT2D eigenvalue weighted by molar-refractivity contribution is -0.167. The predicted molar refractivity (Wildman–Crippen MR) is 106 cm³/mol. The third-order valence-electron chi connectivity index (χ3n) is 9.62. The molecule has 1 aliphatic heterocycles. The maximum Gasteiger partial charge on any atom is 0.202 e. The van der Waals surface area contributed by atoms with Crippen molar-refractivity contribution < 1.29 is 9.59 Å². The number of allylic oxidation sites excluding steroid dienone is 1. The molecule has 0 spiro atoms. The molecule has 7 atom stereocenters. The van der Waals surface area contributed by atoms with Gasteiger partial charge in [0.05, 0.1) is 0 Å². The van der Waals surface area contributed by atoms with Crippen molar-refractivity contribution in [3.05, 3.63) is 12.2 Å². The number of hydrogen-bond donors (Lipinski definition) is 1. The zero-order chi connectivity index (χ0) is 18.8. The molecule has 0 aromatic rings. The molecule has 3 nitrogen and oxygen atoms in total. The monoisotopic (exact) mass is 369 g/mol. The molecule has 0 radical (unpaired) electrons. The van der Waals surface area contributed by atoms with Crippen molar-refractivity contribution in [2.45, 2.75) is 65.2 Å². The van der Waals surface area contributed by atoms with E-state index in [9.17, 15) is 9.59 Å². The number of rotatable bonds is 2. The number of carbonyl (C=O) groups is 2. The third-order valence-corrected chi connectivity index (χ3v) is 9.62. The van der Waals surface area contributed by atoms with E-state index < -0.39 is 0 Å². The highest BCUT2D eigenvalue weighted by Crippen LogP contribution is 2.65. The summed E-state index contributed by atoms with van der Waals surface area (Å²) in [7, 11) is 0. The lowest BCUT2D eigenvalue weighted by atomic mass is 9.44. The van der Waals surface area contributed by atoms with Gasteiger partial charge in [-0.25, -0.2) is 0 Å². The molecule has 1 N–H and O–H groups in total. The molecule has 0 amide bonds. The second-order valence-electron chi connectivity index (χ2n) is 10.9. The highest BCUT2D eigenvalue weighted by atomic mass is 16.2. The molecule has 4 aliphatic carbocycles. The van der Waals surface area contributed by atoms with E-state index in [2.05, 4.69) is 31.3 Å². The van der Waals surface area contributed by atoms with E-state index >= 15 is 0 Å². The van der Waals surface area contributed by atoms with Crippen molar-refractivity contribution in [3.8, 4) is 0 Å². The average Bonchev–Trinajstić information content (AvgIpc) is 3.00. The van der Waals surface area contributed by atoms with Crippen molar-refractivity contribution >= 4 is 11.6 Å². The summed E-state index contributed by atoms with van der Waals surface area (Å²) in [6, 6.07) is 0. The molecule has 5 fully saturated rings. The number of nitrogens with one attached hydrogen (secondary N) is 1. The summed E-state index contributed by atoms with van der Waals surface area (Å²) in [6.07, 6.45) is 14.0. The van der Waals surface area contributed by atoms with Crippen LogP contribution in [-0.4, -0.2) is 24.7 Å². The Morgan fingerprint density at radius 2 is 1.67 bits per heavy atom.